The van der Waals surface area contributed by atoms with E-state index in [0.29, 0.717) is 5.92 Å². The van der Waals surface area contributed by atoms with Gasteiger partial charge in [0.1, 0.15) is 0 Å². The van der Waals surface area contributed by atoms with Gasteiger partial charge in [0.25, 0.3) is 0 Å². The fourth-order valence-corrected chi connectivity index (χ4v) is 1.34. The molecule has 1 aliphatic rings. The van der Waals surface area contributed by atoms with Gasteiger partial charge in [0.15, 0.2) is 0 Å². The average Bonchev–Trinajstić information content (AvgIpc) is 2.05. The van der Waals surface area contributed by atoms with Crippen LogP contribution in [0.3, 0.4) is 0 Å². The molecule has 1 amide bonds. The quantitative estimate of drug-likeness (QED) is 0.538. The van der Waals surface area contributed by atoms with Crippen LogP contribution in [0.4, 0.5) is 0 Å². The molecule has 0 aromatic rings. The molecule has 0 bridgehead atoms. The second kappa shape index (κ2) is 3.22. The molecule has 0 radical (unpaired) electrons. The summed E-state index contributed by atoms with van der Waals surface area (Å²) in [5, 5.41) is 2.89. The Morgan fingerprint density at radius 3 is 2.82 bits per heavy atom. The molecule has 0 aromatic heterocycles. The summed E-state index contributed by atoms with van der Waals surface area (Å²) in [7, 11) is 1.99. The Labute approximate surface area is 67.8 Å². The van der Waals surface area contributed by atoms with Crippen molar-refractivity contribution in [2.45, 2.75) is 19.9 Å². The van der Waals surface area contributed by atoms with Crippen LogP contribution in [0.25, 0.3) is 0 Å². The van der Waals surface area contributed by atoms with Gasteiger partial charge in [-0.05, 0) is 19.9 Å². The fourth-order valence-electron chi connectivity index (χ4n) is 1.34. The van der Waals surface area contributed by atoms with Crippen molar-refractivity contribution in [2.75, 3.05) is 20.1 Å². The molecule has 2 unspecified atom stereocenters. The van der Waals surface area contributed by atoms with Crippen LogP contribution in [-0.2, 0) is 4.79 Å². The molecular weight excluding hydrogens is 140 g/mol. The number of nitrogens with zero attached hydrogens (tertiary/aromatic N) is 1. The Balaban J connectivity index is 2.61. The smallest absolute Gasteiger partial charge is 0.237 e. The van der Waals surface area contributed by atoms with Gasteiger partial charge in [0, 0.05) is 13.1 Å². The largest absolute Gasteiger partial charge is 0.354 e. The predicted octanol–water partition coefficient (Wildman–Crippen LogP) is 0.0726. The third-order valence-electron chi connectivity index (χ3n) is 2.27. The number of amides is 1. The first-order valence-electron chi connectivity index (χ1n) is 4.09. The molecule has 3 nitrogen and oxygen atoms in total. The Morgan fingerprint density at radius 1 is 1.55 bits per heavy atom. The molecule has 0 aromatic carbocycles. The van der Waals surface area contributed by atoms with E-state index in [1.54, 1.807) is 0 Å². The summed E-state index contributed by atoms with van der Waals surface area (Å²) in [5.74, 6) is 0.714. The van der Waals surface area contributed by atoms with E-state index in [4.69, 9.17) is 0 Å². The summed E-state index contributed by atoms with van der Waals surface area (Å²) in [6.07, 6.45) is 0. The van der Waals surface area contributed by atoms with Crippen LogP contribution < -0.4 is 5.32 Å². The number of nitrogens with one attached hydrogen (secondary N) is 1. The van der Waals surface area contributed by atoms with Gasteiger partial charge in [-0.3, -0.25) is 9.69 Å². The molecule has 1 N–H and O–H groups in total. The first-order chi connectivity index (χ1) is 5.11. The lowest BCUT2D eigenvalue weighted by Crippen LogP contribution is -2.39. The van der Waals surface area contributed by atoms with E-state index in [1.807, 2.05) is 14.0 Å². The van der Waals surface area contributed by atoms with Crippen molar-refractivity contribution < 1.29 is 4.79 Å². The van der Waals surface area contributed by atoms with Crippen molar-refractivity contribution in [3.8, 4) is 0 Å². The number of carbonyl (C=O) groups excluding carboxylic acids is 1. The summed E-state index contributed by atoms with van der Waals surface area (Å²) in [4.78, 5) is 13.3. The summed E-state index contributed by atoms with van der Waals surface area (Å²) < 4.78 is 0. The van der Waals surface area contributed by atoms with Crippen LogP contribution in [-0.4, -0.2) is 37.0 Å². The molecular formula is C8H16N2O. The normalized spacial score (nSPS) is 34.6. The lowest BCUT2D eigenvalue weighted by molar-refractivity contribution is -0.124. The number of likely N-dealkylation sites (N-methyl/N-ethyl adjacent to an activating group) is 1. The van der Waals surface area contributed by atoms with Gasteiger partial charge in [-0.15, -0.1) is 0 Å². The van der Waals surface area contributed by atoms with Gasteiger partial charge in [-0.1, -0.05) is 6.92 Å². The van der Waals surface area contributed by atoms with Crippen LogP contribution in [0.2, 0.25) is 0 Å². The zero-order valence-electron chi connectivity index (χ0n) is 7.42. The van der Waals surface area contributed by atoms with E-state index in [2.05, 4.69) is 17.1 Å². The number of hydrogen-bond donors (Lipinski definition) is 1. The molecule has 11 heavy (non-hydrogen) atoms. The average molecular weight is 156 g/mol. The lowest BCUT2D eigenvalue weighted by Gasteiger charge is -2.20. The molecule has 1 fully saturated rings. The predicted molar refractivity (Wildman–Crippen MR) is 44.3 cm³/mol. The monoisotopic (exact) mass is 156 g/mol. The maximum atomic E-state index is 11.2. The molecule has 0 aliphatic carbocycles. The Hall–Kier alpha value is -0.570. The number of carbonyl (C=O) groups is 1. The van der Waals surface area contributed by atoms with E-state index < -0.39 is 0 Å². The minimum Gasteiger partial charge on any atom is -0.354 e. The second-order valence-electron chi connectivity index (χ2n) is 3.47. The molecule has 1 saturated heterocycles. The van der Waals surface area contributed by atoms with Gasteiger partial charge in [0.2, 0.25) is 5.91 Å². The van der Waals surface area contributed by atoms with E-state index >= 15 is 0 Å². The van der Waals surface area contributed by atoms with Gasteiger partial charge in [-0.2, -0.15) is 0 Å². The van der Waals surface area contributed by atoms with Crippen molar-refractivity contribution in [1.29, 1.82) is 0 Å². The van der Waals surface area contributed by atoms with E-state index in [0.717, 1.165) is 13.1 Å². The van der Waals surface area contributed by atoms with Crippen molar-refractivity contribution in [3.63, 3.8) is 0 Å². The first kappa shape index (κ1) is 8.53. The summed E-state index contributed by atoms with van der Waals surface area (Å²) in [6.45, 7) is 5.90. The molecule has 1 aliphatic heterocycles. The minimum absolute atomic E-state index is 0.0277. The van der Waals surface area contributed by atoms with Crippen molar-refractivity contribution in [3.05, 3.63) is 0 Å². The van der Waals surface area contributed by atoms with Crippen molar-refractivity contribution in [2.24, 2.45) is 5.92 Å². The van der Waals surface area contributed by atoms with Crippen LogP contribution in [0.15, 0.2) is 0 Å². The third kappa shape index (κ3) is 1.93. The molecule has 64 valence electrons. The zero-order chi connectivity index (χ0) is 8.43. The second-order valence-corrected chi connectivity index (χ2v) is 3.47. The summed E-state index contributed by atoms with van der Waals surface area (Å²) >= 11 is 0. The zero-order valence-corrected chi connectivity index (χ0v) is 7.42. The maximum Gasteiger partial charge on any atom is 0.237 e. The molecule has 0 spiro atoms. The molecule has 0 saturated carbocycles. The number of rotatable bonds is 0. The molecule has 2 atom stereocenters. The van der Waals surface area contributed by atoms with Crippen LogP contribution in [0, 0.1) is 5.92 Å². The number of hydrogen-bond acceptors (Lipinski definition) is 2. The molecule has 3 heteroatoms. The van der Waals surface area contributed by atoms with E-state index in [9.17, 15) is 4.79 Å². The van der Waals surface area contributed by atoms with Crippen LogP contribution >= 0.6 is 0 Å². The SMILES string of the molecule is CC1CNC(=O)C(C)N(C)C1. The third-order valence-corrected chi connectivity index (χ3v) is 2.27. The Morgan fingerprint density at radius 2 is 2.18 bits per heavy atom. The van der Waals surface area contributed by atoms with Crippen LogP contribution in [0.1, 0.15) is 13.8 Å². The molecule has 1 heterocycles. The topological polar surface area (TPSA) is 32.3 Å². The van der Waals surface area contributed by atoms with Gasteiger partial charge >= 0.3 is 0 Å². The van der Waals surface area contributed by atoms with Gasteiger partial charge < -0.3 is 5.32 Å². The minimum atomic E-state index is 0.0277. The maximum absolute atomic E-state index is 11.2. The highest BCUT2D eigenvalue weighted by Gasteiger charge is 2.23. The summed E-state index contributed by atoms with van der Waals surface area (Å²) in [5.41, 5.74) is 0. The van der Waals surface area contributed by atoms with Gasteiger partial charge in [0.05, 0.1) is 6.04 Å². The highest BCUT2D eigenvalue weighted by atomic mass is 16.2. The van der Waals surface area contributed by atoms with Gasteiger partial charge in [-0.25, -0.2) is 0 Å². The fraction of sp³-hybridized carbons (Fsp3) is 0.875. The Bertz CT molecular complexity index is 158. The standard InChI is InChI=1S/C8H16N2O/c1-6-4-9-8(11)7(2)10(3)5-6/h6-7H,4-5H2,1-3H3,(H,9,11). The van der Waals surface area contributed by atoms with Crippen molar-refractivity contribution in [1.82, 2.24) is 10.2 Å². The first-order valence-corrected chi connectivity index (χ1v) is 4.09. The molecule has 1 rings (SSSR count). The highest BCUT2D eigenvalue weighted by Crippen LogP contribution is 2.05. The van der Waals surface area contributed by atoms with E-state index in [1.165, 1.54) is 0 Å². The lowest BCUT2D eigenvalue weighted by atomic mass is 10.2. The van der Waals surface area contributed by atoms with Crippen molar-refractivity contribution >= 4 is 5.91 Å². The van der Waals surface area contributed by atoms with Crippen LogP contribution in [0.5, 0.6) is 0 Å². The Kier molecular flexibility index (Phi) is 2.49. The van der Waals surface area contributed by atoms with E-state index in [-0.39, 0.29) is 11.9 Å². The summed E-state index contributed by atoms with van der Waals surface area (Å²) in [6, 6.07) is 0.0277. The highest BCUT2D eigenvalue weighted by molar-refractivity contribution is 5.81.